The smallest absolute Gasteiger partial charge is 0.551 e. The van der Waals surface area contributed by atoms with E-state index in [1.807, 2.05) is 6.92 Å². The summed E-state index contributed by atoms with van der Waals surface area (Å²) < 4.78 is 0. The van der Waals surface area contributed by atoms with Crippen LogP contribution in [0.4, 0.5) is 0 Å². The van der Waals surface area contributed by atoms with E-state index >= 15 is 0 Å². The van der Waals surface area contributed by atoms with Crippen LogP contribution in [-0.2, 0) is 27.5 Å². The SMILES string of the molecule is C=C(C)Cc1[c-]c(C([CH2-])=O)ccc1O.[W+2]. The normalized spacial score (nSPS) is 9.13. The maximum atomic E-state index is 10.9. The summed E-state index contributed by atoms with van der Waals surface area (Å²) >= 11 is 0. The third-order valence-electron chi connectivity index (χ3n) is 1.78. The fraction of sp³-hybridized carbons (Fsp3) is 0.167. The third kappa shape index (κ3) is 3.93. The zero-order chi connectivity index (χ0) is 10.7. The van der Waals surface area contributed by atoms with Crippen molar-refractivity contribution in [3.63, 3.8) is 0 Å². The van der Waals surface area contributed by atoms with Gasteiger partial charge in [-0.1, -0.05) is 17.9 Å². The molecule has 3 heteroatoms. The first kappa shape index (κ1) is 14.0. The molecule has 0 spiro atoms. The van der Waals surface area contributed by atoms with Crippen LogP contribution in [0.3, 0.4) is 0 Å². The minimum Gasteiger partial charge on any atom is -0.551 e. The molecule has 0 heterocycles. The summed E-state index contributed by atoms with van der Waals surface area (Å²) in [6.45, 7) is 8.87. The molecule has 0 amide bonds. The fourth-order valence-corrected chi connectivity index (χ4v) is 1.13. The van der Waals surface area contributed by atoms with E-state index in [1.54, 1.807) is 0 Å². The van der Waals surface area contributed by atoms with Gasteiger partial charge < -0.3 is 9.90 Å². The molecule has 0 bridgehead atoms. The Morgan fingerprint density at radius 1 is 1.60 bits per heavy atom. The molecule has 0 radical (unpaired) electrons. The second-order valence-corrected chi connectivity index (χ2v) is 3.29. The molecule has 2 nitrogen and oxygen atoms in total. The van der Waals surface area contributed by atoms with Gasteiger partial charge in [0.05, 0.1) is 0 Å². The van der Waals surface area contributed by atoms with Crippen molar-refractivity contribution in [2.24, 2.45) is 0 Å². The largest absolute Gasteiger partial charge is 2.00 e. The minimum absolute atomic E-state index is 0. The molecule has 0 aliphatic rings. The number of rotatable bonds is 3. The number of carbonyl (C=O) groups is 1. The van der Waals surface area contributed by atoms with Crippen LogP contribution in [0, 0.1) is 13.0 Å². The third-order valence-corrected chi connectivity index (χ3v) is 1.78. The molecule has 1 N–H and O–H groups in total. The molecular weight excluding hydrogens is 360 g/mol. The van der Waals surface area contributed by atoms with Gasteiger partial charge in [-0.2, -0.15) is 0 Å². The van der Waals surface area contributed by atoms with Crippen LogP contribution < -0.4 is 0 Å². The van der Waals surface area contributed by atoms with E-state index in [0.717, 1.165) is 5.57 Å². The van der Waals surface area contributed by atoms with E-state index in [0.29, 0.717) is 17.5 Å². The molecule has 15 heavy (non-hydrogen) atoms. The number of aromatic hydroxyl groups is 1. The predicted octanol–water partition coefficient (Wildman–Crippen LogP) is 2.33. The average Bonchev–Trinajstić information content (AvgIpc) is 2.07. The van der Waals surface area contributed by atoms with Gasteiger partial charge in [0.1, 0.15) is 0 Å². The summed E-state index contributed by atoms with van der Waals surface area (Å²) in [7, 11) is 0. The van der Waals surface area contributed by atoms with Crippen molar-refractivity contribution < 1.29 is 31.0 Å². The Kier molecular flexibility index (Phi) is 5.38. The van der Waals surface area contributed by atoms with Crippen molar-refractivity contribution in [1.29, 1.82) is 0 Å². The molecule has 0 aromatic heterocycles. The molecule has 0 saturated heterocycles. The Balaban J connectivity index is 0.00000196. The predicted molar refractivity (Wildman–Crippen MR) is 55.1 cm³/mol. The Hall–Kier alpha value is -1.01. The van der Waals surface area contributed by atoms with Gasteiger partial charge in [0.2, 0.25) is 0 Å². The zero-order valence-corrected chi connectivity index (χ0v) is 11.5. The average molecular weight is 372 g/mol. The first-order valence-corrected chi connectivity index (χ1v) is 4.25. The van der Waals surface area contributed by atoms with Crippen LogP contribution in [0.2, 0.25) is 0 Å². The Bertz CT molecular complexity index is 383. The number of ketones is 1. The first-order chi connectivity index (χ1) is 6.50. The first-order valence-electron chi connectivity index (χ1n) is 4.25. The molecule has 1 aromatic carbocycles. The van der Waals surface area contributed by atoms with Gasteiger partial charge in [-0.25, -0.2) is 19.1 Å². The summed E-state index contributed by atoms with van der Waals surface area (Å²) in [4.78, 5) is 10.9. The van der Waals surface area contributed by atoms with Gasteiger partial charge in [0.15, 0.2) is 0 Å². The number of phenolic OH excluding ortho intramolecular Hbond substituents is 1. The van der Waals surface area contributed by atoms with Crippen LogP contribution in [-0.4, -0.2) is 10.9 Å². The fourth-order valence-electron chi connectivity index (χ4n) is 1.13. The molecule has 1 aromatic rings. The van der Waals surface area contributed by atoms with Crippen LogP contribution >= 0.6 is 0 Å². The van der Waals surface area contributed by atoms with E-state index in [-0.39, 0.29) is 32.6 Å². The number of benzene rings is 1. The number of hydrogen-bond acceptors (Lipinski definition) is 2. The number of allylic oxidation sites excluding steroid dienone is 1. The maximum absolute atomic E-state index is 10.9. The Morgan fingerprint density at radius 2 is 2.20 bits per heavy atom. The molecule has 0 unspecified atom stereocenters. The summed E-state index contributed by atoms with van der Waals surface area (Å²) in [5.74, 6) is -0.161. The monoisotopic (exact) mass is 372 g/mol. The quantitative estimate of drug-likeness (QED) is 0.503. The Labute approximate surface area is 104 Å². The van der Waals surface area contributed by atoms with E-state index < -0.39 is 0 Å². The maximum Gasteiger partial charge on any atom is 2.00 e. The zero-order valence-electron chi connectivity index (χ0n) is 8.54. The van der Waals surface area contributed by atoms with E-state index in [1.165, 1.54) is 12.1 Å². The van der Waals surface area contributed by atoms with E-state index in [2.05, 4.69) is 19.6 Å². The van der Waals surface area contributed by atoms with Gasteiger partial charge in [0.25, 0.3) is 0 Å². The van der Waals surface area contributed by atoms with Crippen molar-refractivity contribution in [1.82, 2.24) is 0 Å². The standard InChI is InChI=1S/C12H12O2.W/c1-8(2)6-11-7-10(9(3)13)4-5-12(11)14;/h4-5,14H,1,3,6H2,2H3;/q-2;+2. The van der Waals surface area contributed by atoms with E-state index in [4.69, 9.17) is 0 Å². The molecule has 0 atom stereocenters. The molecule has 1 rings (SSSR count). The summed E-state index contributed by atoms with van der Waals surface area (Å²) in [5.41, 5.74) is 1.89. The van der Waals surface area contributed by atoms with Crippen molar-refractivity contribution in [3.8, 4) is 5.75 Å². The summed E-state index contributed by atoms with van der Waals surface area (Å²) in [6.07, 6.45) is 0.521. The number of carbonyl (C=O) groups excluding carboxylic acids is 1. The van der Waals surface area contributed by atoms with E-state index in [9.17, 15) is 9.90 Å². The second kappa shape index (κ2) is 5.77. The van der Waals surface area contributed by atoms with Gasteiger partial charge in [-0.15, -0.1) is 11.6 Å². The van der Waals surface area contributed by atoms with Crippen LogP contribution in [0.5, 0.6) is 5.75 Å². The van der Waals surface area contributed by atoms with Gasteiger partial charge in [-0.3, -0.25) is 5.56 Å². The van der Waals surface area contributed by atoms with Gasteiger partial charge in [-0.05, 0) is 13.3 Å². The number of hydrogen-bond donors (Lipinski definition) is 1. The second-order valence-electron chi connectivity index (χ2n) is 3.29. The molecule has 0 fully saturated rings. The van der Waals surface area contributed by atoms with Crippen molar-refractivity contribution in [3.05, 3.63) is 48.4 Å². The molecule has 0 saturated carbocycles. The number of phenols is 1. The molecular formula is C12H12O2W. The van der Waals surface area contributed by atoms with Gasteiger partial charge >= 0.3 is 21.1 Å². The topological polar surface area (TPSA) is 37.3 Å². The summed E-state index contributed by atoms with van der Waals surface area (Å²) in [5, 5.41) is 9.46. The van der Waals surface area contributed by atoms with Crippen LogP contribution in [0.15, 0.2) is 24.3 Å². The van der Waals surface area contributed by atoms with Crippen molar-refractivity contribution >= 4 is 5.78 Å². The number of Topliss-reactive ketones (excluding diaryl/α,β-unsaturated/α-hetero) is 1. The summed E-state index contributed by atoms with van der Waals surface area (Å²) in [6, 6.07) is 5.81. The van der Waals surface area contributed by atoms with Crippen LogP contribution in [0.25, 0.3) is 0 Å². The molecule has 0 aliphatic heterocycles. The molecule has 0 aliphatic carbocycles. The van der Waals surface area contributed by atoms with Crippen molar-refractivity contribution in [2.75, 3.05) is 0 Å². The molecule has 78 valence electrons. The minimum atomic E-state index is -0.298. The van der Waals surface area contributed by atoms with Gasteiger partial charge in [0, 0.05) is 5.75 Å². The Morgan fingerprint density at radius 3 is 2.67 bits per heavy atom. The van der Waals surface area contributed by atoms with Crippen molar-refractivity contribution in [2.45, 2.75) is 13.3 Å². The van der Waals surface area contributed by atoms with Crippen LogP contribution in [0.1, 0.15) is 22.8 Å².